The van der Waals surface area contributed by atoms with Crippen molar-refractivity contribution >= 4 is 5.71 Å². The Bertz CT molecular complexity index is 487. The largest absolute Gasteiger partial charge is 0.303 e. The van der Waals surface area contributed by atoms with Gasteiger partial charge in [-0.25, -0.2) is 19.0 Å². The van der Waals surface area contributed by atoms with Gasteiger partial charge in [-0.15, -0.1) is 0 Å². The highest BCUT2D eigenvalue weighted by Gasteiger charge is 2.03. The molecule has 2 aromatic heterocycles. The van der Waals surface area contributed by atoms with Crippen molar-refractivity contribution in [2.24, 2.45) is 0 Å². The Kier molecular flexibility index (Phi) is 2.24. The molecule has 0 amide bonds. The second-order valence-electron chi connectivity index (χ2n) is 2.99. The molecule has 0 spiro atoms. The van der Waals surface area contributed by atoms with E-state index in [-0.39, 0.29) is 0 Å². The number of hydrogen-bond donors (Lipinski definition) is 1. The molecule has 0 atom stereocenters. The van der Waals surface area contributed by atoms with Gasteiger partial charge in [0, 0.05) is 0 Å². The van der Waals surface area contributed by atoms with Crippen LogP contribution in [0, 0.1) is 11.2 Å². The van der Waals surface area contributed by atoms with Gasteiger partial charge in [0.05, 0.1) is 30.5 Å². The van der Waals surface area contributed by atoms with Crippen LogP contribution in [-0.2, 0) is 0 Å². The molecule has 0 saturated carbocycles. The van der Waals surface area contributed by atoms with Gasteiger partial charge in [-0.1, -0.05) is 0 Å². The lowest BCUT2D eigenvalue weighted by atomic mass is 10.3. The molecule has 2 heterocycles. The maximum absolute atomic E-state index is 12.7. The molecule has 5 nitrogen and oxygen atoms in total. The second-order valence-corrected chi connectivity index (χ2v) is 2.99. The summed E-state index contributed by atoms with van der Waals surface area (Å²) >= 11 is 0. The highest BCUT2D eigenvalue weighted by molar-refractivity contribution is 5.93. The lowest BCUT2D eigenvalue weighted by Crippen LogP contribution is -2.03. The summed E-state index contributed by atoms with van der Waals surface area (Å²) in [5, 5.41) is 11.1. The van der Waals surface area contributed by atoms with E-state index < -0.39 is 5.82 Å². The van der Waals surface area contributed by atoms with Crippen molar-refractivity contribution in [1.82, 2.24) is 19.7 Å². The molecule has 0 fully saturated rings. The normalized spacial score (nSPS) is 10.3. The van der Waals surface area contributed by atoms with Gasteiger partial charge in [-0.2, -0.15) is 5.10 Å². The van der Waals surface area contributed by atoms with Gasteiger partial charge < -0.3 is 5.41 Å². The Balaban J connectivity index is 2.35. The van der Waals surface area contributed by atoms with E-state index in [1.807, 2.05) is 0 Å². The predicted molar refractivity (Wildman–Crippen MR) is 51.6 cm³/mol. The van der Waals surface area contributed by atoms with Crippen molar-refractivity contribution in [3.05, 3.63) is 36.3 Å². The van der Waals surface area contributed by atoms with E-state index in [9.17, 15) is 4.39 Å². The van der Waals surface area contributed by atoms with Crippen molar-refractivity contribution in [2.75, 3.05) is 0 Å². The second kappa shape index (κ2) is 3.56. The summed E-state index contributed by atoms with van der Waals surface area (Å²) in [6, 6.07) is 0. The molecule has 0 aromatic carbocycles. The van der Waals surface area contributed by atoms with E-state index in [4.69, 9.17) is 5.41 Å². The van der Waals surface area contributed by atoms with E-state index in [2.05, 4.69) is 15.1 Å². The van der Waals surface area contributed by atoms with E-state index in [0.29, 0.717) is 17.2 Å². The van der Waals surface area contributed by atoms with Crippen LogP contribution in [0.5, 0.6) is 0 Å². The zero-order chi connectivity index (χ0) is 10.8. The Hall–Kier alpha value is -2.11. The van der Waals surface area contributed by atoms with Gasteiger partial charge in [0.1, 0.15) is 5.69 Å². The highest BCUT2D eigenvalue weighted by atomic mass is 19.1. The molecular formula is C9H8FN5. The van der Waals surface area contributed by atoms with Gasteiger partial charge in [0.25, 0.3) is 0 Å². The monoisotopic (exact) mass is 205 g/mol. The SMILES string of the molecule is CC(=N)c1cnc(-n2cc(F)cn2)cn1. The van der Waals surface area contributed by atoms with E-state index >= 15 is 0 Å². The molecule has 6 heteroatoms. The highest BCUT2D eigenvalue weighted by Crippen LogP contribution is 2.03. The van der Waals surface area contributed by atoms with Crippen molar-refractivity contribution in [3.8, 4) is 5.82 Å². The number of aromatic nitrogens is 4. The average Bonchev–Trinajstić information content (AvgIpc) is 2.65. The summed E-state index contributed by atoms with van der Waals surface area (Å²) in [7, 11) is 0. The molecule has 0 bridgehead atoms. The summed E-state index contributed by atoms with van der Waals surface area (Å²) in [6.45, 7) is 1.62. The van der Waals surface area contributed by atoms with Gasteiger partial charge in [-0.05, 0) is 6.92 Å². The van der Waals surface area contributed by atoms with Crippen LogP contribution < -0.4 is 0 Å². The van der Waals surface area contributed by atoms with Crippen LogP contribution in [0.1, 0.15) is 12.6 Å². The molecule has 0 aliphatic rings. The Morgan fingerprint density at radius 2 is 2.13 bits per heavy atom. The van der Waals surface area contributed by atoms with Crippen LogP contribution in [-0.4, -0.2) is 25.5 Å². The molecule has 2 rings (SSSR count). The Labute approximate surface area is 85.1 Å². The first-order chi connectivity index (χ1) is 7.16. The summed E-state index contributed by atoms with van der Waals surface area (Å²) in [5.74, 6) is -0.00647. The molecule has 0 aliphatic carbocycles. The van der Waals surface area contributed by atoms with Crippen molar-refractivity contribution in [1.29, 1.82) is 5.41 Å². The first-order valence-corrected chi connectivity index (χ1v) is 4.25. The number of hydrogen-bond acceptors (Lipinski definition) is 4. The lowest BCUT2D eigenvalue weighted by Gasteiger charge is -2.00. The average molecular weight is 205 g/mol. The van der Waals surface area contributed by atoms with Gasteiger partial charge in [0.2, 0.25) is 0 Å². The van der Waals surface area contributed by atoms with Crippen LogP contribution in [0.15, 0.2) is 24.8 Å². The van der Waals surface area contributed by atoms with E-state index in [1.165, 1.54) is 23.3 Å². The molecule has 0 unspecified atom stereocenters. The fourth-order valence-corrected chi connectivity index (χ4v) is 1.06. The van der Waals surface area contributed by atoms with Crippen LogP contribution in [0.2, 0.25) is 0 Å². The maximum Gasteiger partial charge on any atom is 0.171 e. The molecule has 2 aromatic rings. The first-order valence-electron chi connectivity index (χ1n) is 4.25. The van der Waals surface area contributed by atoms with Gasteiger partial charge in [0.15, 0.2) is 11.6 Å². The zero-order valence-corrected chi connectivity index (χ0v) is 7.98. The number of rotatable bonds is 2. The first kappa shape index (κ1) is 9.45. The molecule has 15 heavy (non-hydrogen) atoms. The van der Waals surface area contributed by atoms with Crippen LogP contribution in [0.25, 0.3) is 5.82 Å². The molecule has 0 saturated heterocycles. The zero-order valence-electron chi connectivity index (χ0n) is 7.98. The number of halogens is 1. The standard InChI is InChI=1S/C9H8FN5/c1-6(11)8-3-13-9(4-12-8)15-5-7(10)2-14-15/h2-5,11H,1H3. The number of nitrogens with one attached hydrogen (secondary N) is 1. The Morgan fingerprint density at radius 1 is 1.33 bits per heavy atom. The van der Waals surface area contributed by atoms with E-state index in [1.54, 1.807) is 6.92 Å². The van der Waals surface area contributed by atoms with Crippen molar-refractivity contribution < 1.29 is 4.39 Å². The van der Waals surface area contributed by atoms with Crippen molar-refractivity contribution in [3.63, 3.8) is 0 Å². The van der Waals surface area contributed by atoms with E-state index in [0.717, 1.165) is 6.20 Å². The topological polar surface area (TPSA) is 67.5 Å². The van der Waals surface area contributed by atoms with Gasteiger partial charge >= 0.3 is 0 Å². The third kappa shape index (κ3) is 1.88. The molecule has 0 aliphatic heterocycles. The third-order valence-corrected chi connectivity index (χ3v) is 1.81. The lowest BCUT2D eigenvalue weighted by molar-refractivity contribution is 0.627. The summed E-state index contributed by atoms with van der Waals surface area (Å²) < 4.78 is 13.9. The van der Waals surface area contributed by atoms with Gasteiger partial charge in [-0.3, -0.25) is 0 Å². The molecular weight excluding hydrogens is 197 g/mol. The fourth-order valence-electron chi connectivity index (χ4n) is 1.06. The molecule has 0 radical (unpaired) electrons. The maximum atomic E-state index is 12.7. The summed E-state index contributed by atoms with van der Waals surface area (Å²) in [4.78, 5) is 8.01. The smallest absolute Gasteiger partial charge is 0.171 e. The predicted octanol–water partition coefficient (Wildman–Crippen LogP) is 1.19. The minimum Gasteiger partial charge on any atom is -0.303 e. The summed E-state index contributed by atoms with van der Waals surface area (Å²) in [5.41, 5.74) is 0.826. The number of nitrogens with zero attached hydrogens (tertiary/aromatic N) is 4. The Morgan fingerprint density at radius 3 is 2.60 bits per heavy atom. The minimum absolute atomic E-state index is 0.334. The fraction of sp³-hybridized carbons (Fsp3) is 0.111. The van der Waals surface area contributed by atoms with Crippen molar-refractivity contribution in [2.45, 2.75) is 6.92 Å². The minimum atomic E-state index is -0.427. The van der Waals surface area contributed by atoms with Crippen LogP contribution >= 0.6 is 0 Å². The van der Waals surface area contributed by atoms with Crippen LogP contribution in [0.3, 0.4) is 0 Å². The quantitative estimate of drug-likeness (QED) is 0.749. The molecule has 1 N–H and O–H groups in total. The third-order valence-electron chi connectivity index (χ3n) is 1.81. The molecule has 76 valence electrons. The summed E-state index contributed by atoms with van der Waals surface area (Å²) in [6.07, 6.45) is 5.20. The van der Waals surface area contributed by atoms with Crippen LogP contribution in [0.4, 0.5) is 4.39 Å².